The van der Waals surface area contributed by atoms with E-state index in [0.717, 1.165) is 6.42 Å². The molecule has 1 aliphatic carbocycles. The standard InChI is InChI=1S/C14H21NO2S/c1-10(18(3,16)17)14(15-2)13-9-12(13)11-7-5-4-6-8-11/h4-8,10,12-15H,9H2,1-3H3. The Balaban J connectivity index is 2.10. The molecule has 0 spiro atoms. The summed E-state index contributed by atoms with van der Waals surface area (Å²) < 4.78 is 23.3. The summed E-state index contributed by atoms with van der Waals surface area (Å²) in [5.41, 5.74) is 1.32. The van der Waals surface area contributed by atoms with Crippen LogP contribution >= 0.6 is 0 Å². The molecule has 0 aliphatic heterocycles. The van der Waals surface area contributed by atoms with E-state index in [2.05, 4.69) is 17.4 Å². The van der Waals surface area contributed by atoms with Crippen LogP contribution in [0.3, 0.4) is 0 Å². The maximum absolute atomic E-state index is 11.7. The van der Waals surface area contributed by atoms with Crippen molar-refractivity contribution in [2.45, 2.75) is 30.6 Å². The van der Waals surface area contributed by atoms with Crippen LogP contribution in [0.25, 0.3) is 0 Å². The highest BCUT2D eigenvalue weighted by atomic mass is 32.2. The highest BCUT2D eigenvalue weighted by molar-refractivity contribution is 7.91. The smallest absolute Gasteiger partial charge is 0.151 e. The number of hydrogen-bond donors (Lipinski definition) is 1. The van der Waals surface area contributed by atoms with Gasteiger partial charge in [-0.05, 0) is 37.8 Å². The van der Waals surface area contributed by atoms with E-state index >= 15 is 0 Å². The largest absolute Gasteiger partial charge is 0.315 e. The SMILES string of the molecule is CNC(C1CC1c1ccccc1)C(C)S(C)(=O)=O. The molecule has 2 rings (SSSR count). The average Bonchev–Trinajstić information content (AvgIpc) is 3.10. The Morgan fingerprint density at radius 2 is 1.89 bits per heavy atom. The van der Waals surface area contributed by atoms with Gasteiger partial charge in [0.15, 0.2) is 9.84 Å². The lowest BCUT2D eigenvalue weighted by Gasteiger charge is -2.22. The van der Waals surface area contributed by atoms with E-state index in [1.165, 1.54) is 11.8 Å². The van der Waals surface area contributed by atoms with Crippen molar-refractivity contribution < 1.29 is 8.42 Å². The lowest BCUT2D eigenvalue weighted by molar-refractivity contribution is 0.469. The number of benzene rings is 1. The third-order valence-corrected chi connectivity index (χ3v) is 5.69. The van der Waals surface area contributed by atoms with Crippen LogP contribution < -0.4 is 5.32 Å². The molecule has 1 saturated carbocycles. The predicted octanol–water partition coefficient (Wildman–Crippen LogP) is 1.81. The molecule has 1 aromatic rings. The molecule has 18 heavy (non-hydrogen) atoms. The lowest BCUT2D eigenvalue weighted by Crippen LogP contribution is -2.42. The molecule has 1 aliphatic rings. The highest BCUT2D eigenvalue weighted by Crippen LogP contribution is 2.50. The van der Waals surface area contributed by atoms with E-state index in [1.54, 1.807) is 6.92 Å². The zero-order chi connectivity index (χ0) is 13.3. The van der Waals surface area contributed by atoms with Crippen LogP contribution in [0, 0.1) is 5.92 Å². The number of nitrogens with one attached hydrogen (secondary N) is 1. The maximum atomic E-state index is 11.7. The summed E-state index contributed by atoms with van der Waals surface area (Å²) in [7, 11) is -1.13. The van der Waals surface area contributed by atoms with Gasteiger partial charge in [0.1, 0.15) is 0 Å². The van der Waals surface area contributed by atoms with Crippen LogP contribution in [-0.4, -0.2) is 33.0 Å². The minimum absolute atomic E-state index is 0.0465. The maximum Gasteiger partial charge on any atom is 0.151 e. The average molecular weight is 267 g/mol. The monoisotopic (exact) mass is 267 g/mol. The van der Waals surface area contributed by atoms with Crippen molar-refractivity contribution >= 4 is 9.84 Å². The van der Waals surface area contributed by atoms with Crippen LogP contribution in [0.15, 0.2) is 30.3 Å². The summed E-state index contributed by atoms with van der Waals surface area (Å²) in [4.78, 5) is 0. The van der Waals surface area contributed by atoms with E-state index in [4.69, 9.17) is 0 Å². The molecule has 4 atom stereocenters. The molecular weight excluding hydrogens is 246 g/mol. The van der Waals surface area contributed by atoms with Crippen LogP contribution in [0.5, 0.6) is 0 Å². The Morgan fingerprint density at radius 1 is 1.28 bits per heavy atom. The first kappa shape index (κ1) is 13.6. The molecule has 0 bridgehead atoms. The number of rotatable bonds is 5. The molecule has 0 heterocycles. The predicted molar refractivity (Wildman–Crippen MR) is 74.4 cm³/mol. The fourth-order valence-electron chi connectivity index (χ4n) is 2.76. The van der Waals surface area contributed by atoms with Crippen molar-refractivity contribution in [3.63, 3.8) is 0 Å². The third-order valence-electron chi connectivity index (χ3n) is 4.04. The van der Waals surface area contributed by atoms with Gasteiger partial charge in [-0.3, -0.25) is 0 Å². The molecule has 4 heteroatoms. The molecule has 4 unspecified atom stereocenters. The van der Waals surface area contributed by atoms with Crippen molar-refractivity contribution in [3.8, 4) is 0 Å². The quantitative estimate of drug-likeness (QED) is 0.885. The zero-order valence-corrected chi connectivity index (χ0v) is 11.9. The van der Waals surface area contributed by atoms with Crippen molar-refractivity contribution in [1.29, 1.82) is 0 Å². The van der Waals surface area contributed by atoms with E-state index in [1.807, 2.05) is 25.2 Å². The topological polar surface area (TPSA) is 46.2 Å². The normalized spacial score (nSPS) is 26.6. The summed E-state index contributed by atoms with van der Waals surface area (Å²) in [6, 6.07) is 10.4. The van der Waals surface area contributed by atoms with Gasteiger partial charge >= 0.3 is 0 Å². The van der Waals surface area contributed by atoms with Gasteiger partial charge in [-0.25, -0.2) is 8.42 Å². The summed E-state index contributed by atoms with van der Waals surface area (Å²) in [5, 5.41) is 2.86. The van der Waals surface area contributed by atoms with Gasteiger partial charge in [0.2, 0.25) is 0 Å². The molecular formula is C14H21NO2S. The Morgan fingerprint density at radius 3 is 2.39 bits per heavy atom. The highest BCUT2D eigenvalue weighted by Gasteiger charge is 2.46. The molecule has 100 valence electrons. The van der Waals surface area contributed by atoms with Gasteiger partial charge in [-0.1, -0.05) is 30.3 Å². The number of hydrogen-bond acceptors (Lipinski definition) is 3. The second-order valence-corrected chi connectivity index (χ2v) is 7.67. The van der Waals surface area contributed by atoms with E-state index in [0.29, 0.717) is 11.8 Å². The number of sulfone groups is 1. The first-order chi connectivity index (χ1) is 8.45. The van der Waals surface area contributed by atoms with Gasteiger partial charge in [0.25, 0.3) is 0 Å². The second kappa shape index (κ2) is 5.02. The fraction of sp³-hybridized carbons (Fsp3) is 0.571. The summed E-state index contributed by atoms with van der Waals surface area (Å²) in [5.74, 6) is 0.940. The first-order valence-corrected chi connectivity index (χ1v) is 8.31. The fourth-order valence-corrected chi connectivity index (χ4v) is 3.63. The Labute approximate surface area is 110 Å². The zero-order valence-electron chi connectivity index (χ0n) is 11.1. The summed E-state index contributed by atoms with van der Waals surface area (Å²) in [6.45, 7) is 1.80. The van der Waals surface area contributed by atoms with Crippen molar-refractivity contribution in [2.24, 2.45) is 5.92 Å². The minimum Gasteiger partial charge on any atom is -0.315 e. The first-order valence-electron chi connectivity index (χ1n) is 6.36. The van der Waals surface area contributed by atoms with Gasteiger partial charge < -0.3 is 5.32 Å². The van der Waals surface area contributed by atoms with Gasteiger partial charge in [-0.2, -0.15) is 0 Å². The Hall–Kier alpha value is -0.870. The third kappa shape index (κ3) is 2.75. The van der Waals surface area contributed by atoms with Crippen molar-refractivity contribution in [3.05, 3.63) is 35.9 Å². The van der Waals surface area contributed by atoms with Crippen molar-refractivity contribution in [2.75, 3.05) is 13.3 Å². The molecule has 1 aromatic carbocycles. The Kier molecular flexibility index (Phi) is 3.78. The Bertz CT molecular complexity index is 498. The van der Waals surface area contributed by atoms with E-state index in [-0.39, 0.29) is 11.3 Å². The second-order valence-electron chi connectivity index (χ2n) is 5.27. The van der Waals surface area contributed by atoms with E-state index in [9.17, 15) is 8.42 Å². The van der Waals surface area contributed by atoms with Crippen molar-refractivity contribution in [1.82, 2.24) is 5.32 Å². The molecule has 0 amide bonds. The molecule has 1 fully saturated rings. The molecule has 0 aromatic heterocycles. The van der Waals surface area contributed by atoms with E-state index < -0.39 is 9.84 Å². The molecule has 1 N–H and O–H groups in total. The van der Waals surface area contributed by atoms with Gasteiger partial charge in [0, 0.05) is 12.3 Å². The minimum atomic E-state index is -2.99. The van der Waals surface area contributed by atoms with Crippen LogP contribution in [0.4, 0.5) is 0 Å². The van der Waals surface area contributed by atoms with Gasteiger partial charge in [-0.15, -0.1) is 0 Å². The lowest BCUT2D eigenvalue weighted by atomic mass is 10.0. The van der Waals surface area contributed by atoms with Crippen LogP contribution in [-0.2, 0) is 9.84 Å². The summed E-state index contributed by atoms with van der Waals surface area (Å²) in [6.07, 6.45) is 2.40. The summed E-state index contributed by atoms with van der Waals surface area (Å²) >= 11 is 0. The van der Waals surface area contributed by atoms with Crippen LogP contribution in [0.2, 0.25) is 0 Å². The van der Waals surface area contributed by atoms with Crippen LogP contribution in [0.1, 0.15) is 24.8 Å². The molecule has 0 saturated heterocycles. The molecule has 3 nitrogen and oxygen atoms in total. The van der Waals surface area contributed by atoms with Gasteiger partial charge in [0.05, 0.1) is 5.25 Å². The molecule has 0 radical (unpaired) electrons.